The Kier molecular flexibility index (Phi) is 5.22. The molecule has 0 aliphatic rings. The van der Waals surface area contributed by atoms with Gasteiger partial charge in [-0.25, -0.2) is 13.1 Å². The summed E-state index contributed by atoms with van der Waals surface area (Å²) in [6, 6.07) is 7.01. The third-order valence-corrected chi connectivity index (χ3v) is 5.38. The van der Waals surface area contributed by atoms with Crippen molar-refractivity contribution in [2.24, 2.45) is 0 Å². The van der Waals surface area contributed by atoms with Gasteiger partial charge in [0.15, 0.2) is 0 Å². The summed E-state index contributed by atoms with van der Waals surface area (Å²) in [4.78, 5) is 12.0. The van der Waals surface area contributed by atoms with Crippen LogP contribution in [0.25, 0.3) is 0 Å². The molecule has 1 aromatic carbocycles. The Morgan fingerprint density at radius 1 is 1.23 bits per heavy atom. The molecule has 1 aromatic heterocycles. The molecule has 2 N–H and O–H groups in total. The molecular formula is C13H16N4O3S2. The highest BCUT2D eigenvalue weighted by atomic mass is 32.2. The number of nitrogens with zero attached hydrogens (tertiary/aromatic N) is 2. The average molecular weight is 340 g/mol. The largest absolute Gasteiger partial charge is 0.296 e. The van der Waals surface area contributed by atoms with E-state index in [1.54, 1.807) is 12.1 Å². The lowest BCUT2D eigenvalue weighted by atomic mass is 10.1. The number of amides is 1. The zero-order chi connectivity index (χ0) is 16.2. The number of aromatic nitrogens is 2. The molecule has 1 heterocycles. The van der Waals surface area contributed by atoms with Crippen molar-refractivity contribution >= 4 is 32.4 Å². The normalized spacial score (nSPS) is 11.4. The fraction of sp³-hybridized carbons (Fsp3) is 0.308. The smallest absolute Gasteiger partial charge is 0.269 e. The topological polar surface area (TPSA) is 101 Å². The fourth-order valence-corrected chi connectivity index (χ4v) is 3.61. The number of rotatable bonds is 6. The summed E-state index contributed by atoms with van der Waals surface area (Å²) in [6.45, 7) is 4.11. The molecule has 0 fully saturated rings. The fourth-order valence-electron chi connectivity index (χ4n) is 1.54. The quantitative estimate of drug-likeness (QED) is 0.781. The molecule has 118 valence electrons. The number of sulfonamides is 1. The summed E-state index contributed by atoms with van der Waals surface area (Å²) < 4.78 is 26.0. The maximum absolute atomic E-state index is 12.0. The van der Waals surface area contributed by atoms with Gasteiger partial charge in [0.05, 0.1) is 0 Å². The molecule has 0 atom stereocenters. The molecule has 2 rings (SSSR count). The second-order valence-corrected chi connectivity index (χ2v) is 7.51. The lowest BCUT2D eigenvalue weighted by Gasteiger charge is -2.01. The Hall–Kier alpha value is -1.84. The minimum atomic E-state index is -3.66. The SMILES string of the molecule is CCCNS(=O)(=O)c1nnc(NC(=O)c2ccc(C)cc2)s1. The van der Waals surface area contributed by atoms with E-state index in [-0.39, 0.29) is 15.4 Å². The number of aryl methyl sites for hydroxylation is 1. The monoisotopic (exact) mass is 340 g/mol. The van der Waals surface area contributed by atoms with Crippen LogP contribution in [0.3, 0.4) is 0 Å². The van der Waals surface area contributed by atoms with Crippen LogP contribution >= 0.6 is 11.3 Å². The van der Waals surface area contributed by atoms with Crippen molar-refractivity contribution in [1.29, 1.82) is 0 Å². The number of anilines is 1. The lowest BCUT2D eigenvalue weighted by molar-refractivity contribution is 0.102. The lowest BCUT2D eigenvalue weighted by Crippen LogP contribution is -2.24. The van der Waals surface area contributed by atoms with Gasteiger partial charge in [-0.1, -0.05) is 36.0 Å². The van der Waals surface area contributed by atoms with E-state index in [9.17, 15) is 13.2 Å². The third kappa shape index (κ3) is 4.09. The molecule has 1 amide bonds. The van der Waals surface area contributed by atoms with Crippen LogP contribution in [-0.4, -0.2) is 31.1 Å². The highest BCUT2D eigenvalue weighted by Gasteiger charge is 2.20. The van der Waals surface area contributed by atoms with Gasteiger partial charge in [-0.2, -0.15) is 0 Å². The van der Waals surface area contributed by atoms with E-state index in [1.165, 1.54) is 0 Å². The van der Waals surface area contributed by atoms with Crippen LogP contribution in [0.2, 0.25) is 0 Å². The number of nitrogens with one attached hydrogen (secondary N) is 2. The summed E-state index contributed by atoms with van der Waals surface area (Å²) in [5, 5.41) is 9.98. The highest BCUT2D eigenvalue weighted by Crippen LogP contribution is 2.20. The summed E-state index contributed by atoms with van der Waals surface area (Å²) in [5.41, 5.74) is 1.51. The van der Waals surface area contributed by atoms with Crippen molar-refractivity contribution in [3.05, 3.63) is 35.4 Å². The second-order valence-electron chi connectivity index (χ2n) is 4.59. The van der Waals surface area contributed by atoms with Crippen molar-refractivity contribution in [2.45, 2.75) is 24.6 Å². The summed E-state index contributed by atoms with van der Waals surface area (Å²) in [6.07, 6.45) is 0.676. The molecule has 0 radical (unpaired) electrons. The van der Waals surface area contributed by atoms with E-state index in [2.05, 4.69) is 20.2 Å². The third-order valence-electron chi connectivity index (χ3n) is 2.71. The molecule has 7 nitrogen and oxygen atoms in total. The van der Waals surface area contributed by atoms with E-state index in [1.807, 2.05) is 26.0 Å². The van der Waals surface area contributed by atoms with Crippen molar-refractivity contribution < 1.29 is 13.2 Å². The predicted molar refractivity (Wildman–Crippen MR) is 84.5 cm³/mol. The summed E-state index contributed by atoms with van der Waals surface area (Å²) >= 11 is 0.812. The molecule has 9 heteroatoms. The van der Waals surface area contributed by atoms with Crippen molar-refractivity contribution in [3.8, 4) is 0 Å². The van der Waals surface area contributed by atoms with E-state index in [4.69, 9.17) is 0 Å². The molecule has 0 bridgehead atoms. The predicted octanol–water partition coefficient (Wildman–Crippen LogP) is 1.79. The van der Waals surface area contributed by atoms with E-state index >= 15 is 0 Å². The van der Waals surface area contributed by atoms with Gasteiger partial charge in [-0.3, -0.25) is 10.1 Å². The first-order valence-corrected chi connectivity index (χ1v) is 8.93. The van der Waals surface area contributed by atoms with Crippen LogP contribution in [0.5, 0.6) is 0 Å². The molecule has 2 aromatic rings. The first kappa shape index (κ1) is 16.5. The second kappa shape index (κ2) is 6.95. The minimum absolute atomic E-state index is 0.141. The molecule has 0 aliphatic carbocycles. The number of carbonyl (C=O) groups excluding carboxylic acids is 1. The van der Waals surface area contributed by atoms with E-state index < -0.39 is 10.0 Å². The van der Waals surface area contributed by atoms with Gasteiger partial charge in [0, 0.05) is 12.1 Å². The minimum Gasteiger partial charge on any atom is -0.296 e. The van der Waals surface area contributed by atoms with E-state index in [0.29, 0.717) is 18.5 Å². The van der Waals surface area contributed by atoms with Crippen LogP contribution < -0.4 is 10.0 Å². The van der Waals surface area contributed by atoms with Crippen LogP contribution in [0.15, 0.2) is 28.6 Å². The molecule has 0 spiro atoms. The Morgan fingerprint density at radius 2 is 1.91 bits per heavy atom. The number of carbonyl (C=O) groups is 1. The first-order chi connectivity index (χ1) is 10.4. The Labute approximate surface area is 132 Å². The van der Waals surface area contributed by atoms with Crippen LogP contribution in [0.4, 0.5) is 5.13 Å². The van der Waals surface area contributed by atoms with Gasteiger partial charge in [-0.15, -0.1) is 10.2 Å². The number of hydrogen-bond donors (Lipinski definition) is 2. The maximum atomic E-state index is 12.0. The van der Waals surface area contributed by atoms with Gasteiger partial charge in [-0.05, 0) is 25.5 Å². The Balaban J connectivity index is 2.09. The molecule has 0 aliphatic heterocycles. The highest BCUT2D eigenvalue weighted by molar-refractivity contribution is 7.91. The van der Waals surface area contributed by atoms with Gasteiger partial charge < -0.3 is 0 Å². The zero-order valence-electron chi connectivity index (χ0n) is 12.2. The van der Waals surface area contributed by atoms with E-state index in [0.717, 1.165) is 16.9 Å². The van der Waals surface area contributed by atoms with Crippen LogP contribution in [0.1, 0.15) is 29.3 Å². The average Bonchev–Trinajstić information content (AvgIpc) is 2.95. The summed E-state index contributed by atoms with van der Waals surface area (Å²) in [7, 11) is -3.66. The number of benzene rings is 1. The molecule has 0 saturated heterocycles. The molecule has 0 saturated carbocycles. The Bertz CT molecular complexity index is 754. The van der Waals surface area contributed by atoms with Crippen LogP contribution in [0, 0.1) is 6.92 Å². The number of hydrogen-bond acceptors (Lipinski definition) is 6. The van der Waals surface area contributed by atoms with Crippen LogP contribution in [-0.2, 0) is 10.0 Å². The molecule has 0 unspecified atom stereocenters. The standard InChI is InChI=1S/C13H16N4O3S2/c1-3-8-14-22(19,20)13-17-16-12(21-13)15-11(18)10-6-4-9(2)5-7-10/h4-7,14H,3,8H2,1-2H3,(H,15,16,18). The molecular weight excluding hydrogens is 324 g/mol. The van der Waals surface area contributed by atoms with Gasteiger partial charge in [0.1, 0.15) is 0 Å². The van der Waals surface area contributed by atoms with Crippen molar-refractivity contribution in [2.75, 3.05) is 11.9 Å². The zero-order valence-corrected chi connectivity index (χ0v) is 13.8. The van der Waals surface area contributed by atoms with Crippen molar-refractivity contribution in [1.82, 2.24) is 14.9 Å². The Morgan fingerprint density at radius 3 is 2.55 bits per heavy atom. The molecule has 22 heavy (non-hydrogen) atoms. The van der Waals surface area contributed by atoms with Crippen molar-refractivity contribution in [3.63, 3.8) is 0 Å². The first-order valence-electron chi connectivity index (χ1n) is 6.63. The van der Waals surface area contributed by atoms with Gasteiger partial charge in [0.2, 0.25) is 9.47 Å². The maximum Gasteiger partial charge on any atom is 0.269 e. The summed E-state index contributed by atoms with van der Waals surface area (Å²) in [5.74, 6) is -0.360. The van der Waals surface area contributed by atoms with Gasteiger partial charge >= 0.3 is 0 Å². The van der Waals surface area contributed by atoms with Gasteiger partial charge in [0.25, 0.3) is 15.9 Å².